The third-order valence-electron chi connectivity index (χ3n) is 3.40. The maximum atomic E-state index is 12.1. The Balaban J connectivity index is 0.00000169. The van der Waals surface area contributed by atoms with Gasteiger partial charge in [-0.05, 0) is 30.7 Å². The number of aromatic nitrogens is 4. The van der Waals surface area contributed by atoms with E-state index in [0.717, 1.165) is 28.4 Å². The Morgan fingerprint density at radius 2 is 1.96 bits per heavy atom. The molecule has 3 aromatic rings. The first-order valence-corrected chi connectivity index (χ1v) is 8.50. The second-order valence-electron chi connectivity index (χ2n) is 5.20. The largest absolute Gasteiger partial charge is 0.326 e. The Morgan fingerprint density at radius 1 is 1.23 bits per heavy atom. The number of amides is 1. The van der Waals surface area contributed by atoms with Crippen LogP contribution < -0.4 is 11.1 Å². The van der Waals surface area contributed by atoms with Crippen LogP contribution in [0.5, 0.6) is 0 Å². The highest BCUT2D eigenvalue weighted by molar-refractivity contribution is 7.09. The first-order chi connectivity index (χ1) is 11.7. The number of hydrogen-bond donors (Lipinski definition) is 3. The lowest BCUT2D eigenvalue weighted by Crippen LogP contribution is -2.14. The Labute approximate surface area is 167 Å². The molecule has 7 nitrogen and oxygen atoms in total. The molecule has 0 saturated heterocycles. The Kier molecular flexibility index (Phi) is 8.67. The lowest BCUT2D eigenvalue weighted by Gasteiger charge is -2.04. The summed E-state index contributed by atoms with van der Waals surface area (Å²) in [6.07, 6.45) is 1.17. The van der Waals surface area contributed by atoms with Crippen LogP contribution in [0.4, 0.5) is 5.69 Å². The first kappa shape index (κ1) is 22.0. The maximum absolute atomic E-state index is 12.1. The number of aryl methyl sites for hydroxylation is 1. The van der Waals surface area contributed by atoms with Gasteiger partial charge in [0.2, 0.25) is 5.91 Å². The van der Waals surface area contributed by atoms with E-state index in [0.29, 0.717) is 18.2 Å². The number of anilines is 1. The molecule has 2 heterocycles. The molecule has 2 aromatic heterocycles. The zero-order chi connectivity index (χ0) is 16.9. The summed E-state index contributed by atoms with van der Waals surface area (Å²) < 4.78 is 0. The molecule has 1 amide bonds. The van der Waals surface area contributed by atoms with Gasteiger partial charge in [-0.15, -0.1) is 36.2 Å². The molecule has 0 fully saturated rings. The summed E-state index contributed by atoms with van der Waals surface area (Å²) in [5.74, 6) is 1.14. The van der Waals surface area contributed by atoms with Crippen LogP contribution in [0.15, 0.2) is 29.6 Å². The van der Waals surface area contributed by atoms with E-state index in [1.807, 2.05) is 29.6 Å². The predicted molar refractivity (Wildman–Crippen MR) is 108 cm³/mol. The molecule has 26 heavy (non-hydrogen) atoms. The van der Waals surface area contributed by atoms with E-state index in [4.69, 9.17) is 5.73 Å². The van der Waals surface area contributed by atoms with Gasteiger partial charge in [-0.1, -0.05) is 6.92 Å². The highest BCUT2D eigenvalue weighted by Gasteiger charge is 2.09. The van der Waals surface area contributed by atoms with Crippen LogP contribution in [0, 0.1) is 0 Å². The van der Waals surface area contributed by atoms with Gasteiger partial charge in [-0.2, -0.15) is 5.10 Å². The van der Waals surface area contributed by atoms with Gasteiger partial charge >= 0.3 is 0 Å². The number of halogens is 2. The van der Waals surface area contributed by atoms with Crippen molar-refractivity contribution in [2.45, 2.75) is 26.3 Å². The second kappa shape index (κ2) is 10.2. The molecule has 1 aromatic carbocycles. The van der Waals surface area contributed by atoms with Crippen molar-refractivity contribution in [2.24, 2.45) is 5.73 Å². The van der Waals surface area contributed by atoms with Crippen molar-refractivity contribution in [3.05, 3.63) is 46.2 Å². The third-order valence-corrected chi connectivity index (χ3v) is 4.44. The van der Waals surface area contributed by atoms with E-state index in [2.05, 4.69) is 32.4 Å². The Bertz CT molecular complexity index is 833. The number of rotatable bonds is 6. The Hall–Kier alpha value is -2.00. The quantitative estimate of drug-likeness (QED) is 0.574. The third kappa shape index (κ3) is 5.50. The number of carbonyl (C=O) groups excluding carboxylic acids is 1. The minimum atomic E-state index is -0.0842. The van der Waals surface area contributed by atoms with Crippen LogP contribution >= 0.6 is 36.2 Å². The fourth-order valence-electron chi connectivity index (χ4n) is 2.18. The first-order valence-electron chi connectivity index (χ1n) is 7.63. The van der Waals surface area contributed by atoms with Crippen molar-refractivity contribution in [3.8, 4) is 11.4 Å². The number of thiazole rings is 1. The second-order valence-corrected chi connectivity index (χ2v) is 6.14. The van der Waals surface area contributed by atoms with Gasteiger partial charge in [0, 0.05) is 16.6 Å². The van der Waals surface area contributed by atoms with Crippen LogP contribution in [0.1, 0.15) is 23.4 Å². The van der Waals surface area contributed by atoms with Gasteiger partial charge in [0.15, 0.2) is 5.82 Å². The van der Waals surface area contributed by atoms with Gasteiger partial charge < -0.3 is 11.1 Å². The molecule has 0 spiro atoms. The molecule has 0 aliphatic heterocycles. The number of nitrogens with two attached hydrogens (primary N) is 1. The van der Waals surface area contributed by atoms with Crippen LogP contribution in [-0.4, -0.2) is 26.1 Å². The summed E-state index contributed by atoms with van der Waals surface area (Å²) in [4.78, 5) is 20.8. The van der Waals surface area contributed by atoms with Crippen molar-refractivity contribution in [3.63, 3.8) is 0 Å². The molecule has 0 aliphatic rings. The fourth-order valence-corrected chi connectivity index (χ4v) is 2.93. The number of carbonyl (C=O) groups is 1. The highest BCUT2D eigenvalue weighted by atomic mass is 35.5. The van der Waals surface area contributed by atoms with Crippen LogP contribution in [0.25, 0.3) is 11.4 Å². The maximum Gasteiger partial charge on any atom is 0.230 e. The van der Waals surface area contributed by atoms with Crippen LogP contribution in [0.2, 0.25) is 0 Å². The average molecular weight is 415 g/mol. The molecule has 0 aliphatic carbocycles. The summed E-state index contributed by atoms with van der Waals surface area (Å²) in [6.45, 7) is 2.37. The van der Waals surface area contributed by atoms with Crippen LogP contribution in [0.3, 0.4) is 0 Å². The lowest BCUT2D eigenvalue weighted by atomic mass is 10.2. The van der Waals surface area contributed by atoms with Crippen molar-refractivity contribution in [2.75, 3.05) is 5.32 Å². The van der Waals surface area contributed by atoms with E-state index >= 15 is 0 Å². The summed E-state index contributed by atoms with van der Waals surface area (Å²) in [5.41, 5.74) is 7.90. The van der Waals surface area contributed by atoms with Crippen molar-refractivity contribution >= 4 is 47.7 Å². The van der Waals surface area contributed by atoms with Gasteiger partial charge in [0.25, 0.3) is 0 Å². The molecule has 3 rings (SSSR count). The summed E-state index contributed by atoms with van der Waals surface area (Å²) in [5, 5.41) is 12.7. The standard InChI is InChI=1S/C16H18N6OS.2ClH/c1-2-15-19-12(9-24-15)7-14(23)18-11-5-3-10(4-6-11)16-20-13(8-17)21-22-16;;/h3-6,9H,2,7-8,17H2,1H3,(H,18,23)(H,20,21,22);2*1H. The van der Waals surface area contributed by atoms with Crippen molar-refractivity contribution in [1.29, 1.82) is 0 Å². The molecule has 4 N–H and O–H groups in total. The number of hydrogen-bond acceptors (Lipinski definition) is 6. The Morgan fingerprint density at radius 3 is 2.54 bits per heavy atom. The van der Waals surface area contributed by atoms with Crippen LogP contribution in [-0.2, 0) is 24.2 Å². The molecular weight excluding hydrogens is 395 g/mol. The minimum Gasteiger partial charge on any atom is -0.326 e. The SMILES string of the molecule is CCc1nc(CC(=O)Nc2ccc(-c3n[nH]c(CN)n3)cc2)cs1.Cl.Cl. The van der Waals surface area contributed by atoms with E-state index in [1.165, 1.54) is 0 Å². The van der Waals surface area contributed by atoms with E-state index in [1.54, 1.807) is 11.3 Å². The summed E-state index contributed by atoms with van der Waals surface area (Å²) in [6, 6.07) is 7.36. The fraction of sp³-hybridized carbons (Fsp3) is 0.250. The molecule has 0 radical (unpaired) electrons. The zero-order valence-corrected chi connectivity index (χ0v) is 16.5. The van der Waals surface area contributed by atoms with Gasteiger partial charge in [0.05, 0.1) is 23.7 Å². The summed E-state index contributed by atoms with van der Waals surface area (Å²) >= 11 is 1.58. The number of H-pyrrole nitrogens is 1. The van der Waals surface area contributed by atoms with E-state index < -0.39 is 0 Å². The van der Waals surface area contributed by atoms with Gasteiger partial charge in [0.1, 0.15) is 5.82 Å². The number of aromatic amines is 1. The van der Waals surface area contributed by atoms with E-state index in [-0.39, 0.29) is 37.1 Å². The number of benzene rings is 1. The van der Waals surface area contributed by atoms with Crippen molar-refractivity contribution < 1.29 is 4.79 Å². The zero-order valence-electron chi connectivity index (χ0n) is 14.1. The predicted octanol–water partition coefficient (Wildman–Crippen LogP) is 2.97. The molecule has 10 heteroatoms. The van der Waals surface area contributed by atoms with Crippen molar-refractivity contribution in [1.82, 2.24) is 20.2 Å². The average Bonchev–Trinajstić information content (AvgIpc) is 3.24. The lowest BCUT2D eigenvalue weighted by molar-refractivity contribution is -0.115. The number of nitrogens with one attached hydrogen (secondary N) is 2. The van der Waals surface area contributed by atoms with Gasteiger partial charge in [-0.3, -0.25) is 9.89 Å². The minimum absolute atomic E-state index is 0. The molecule has 0 unspecified atom stereocenters. The molecule has 140 valence electrons. The van der Waals surface area contributed by atoms with E-state index in [9.17, 15) is 4.79 Å². The number of nitrogens with zero attached hydrogens (tertiary/aromatic N) is 3. The molecule has 0 atom stereocenters. The molecule has 0 saturated carbocycles. The molecular formula is C16H20Cl2N6OS. The summed E-state index contributed by atoms with van der Waals surface area (Å²) in [7, 11) is 0. The highest BCUT2D eigenvalue weighted by Crippen LogP contribution is 2.18. The normalized spacial score (nSPS) is 9.92. The van der Waals surface area contributed by atoms with Gasteiger partial charge in [-0.25, -0.2) is 9.97 Å². The smallest absolute Gasteiger partial charge is 0.230 e. The monoisotopic (exact) mass is 414 g/mol. The molecule has 0 bridgehead atoms. The topological polar surface area (TPSA) is 110 Å².